The molecule has 1 aromatic carbocycles. The molecular formula is C19H24N4. The molecule has 23 heavy (non-hydrogen) atoms. The molecule has 1 aromatic heterocycles. The largest absolute Gasteiger partial charge is 0.354 e. The number of rotatable bonds is 2. The van der Waals surface area contributed by atoms with Crippen molar-refractivity contribution in [3.63, 3.8) is 0 Å². The number of nitrogens with zero attached hydrogens (tertiary/aromatic N) is 4. The van der Waals surface area contributed by atoms with Gasteiger partial charge in [0, 0.05) is 30.7 Å². The summed E-state index contributed by atoms with van der Waals surface area (Å²) < 4.78 is 0. The van der Waals surface area contributed by atoms with Gasteiger partial charge in [-0.15, -0.1) is 10.2 Å². The van der Waals surface area contributed by atoms with Gasteiger partial charge in [0.2, 0.25) is 0 Å². The van der Waals surface area contributed by atoms with Gasteiger partial charge < -0.3 is 4.90 Å². The van der Waals surface area contributed by atoms with Crippen LogP contribution in [0.15, 0.2) is 42.5 Å². The zero-order valence-electron chi connectivity index (χ0n) is 13.7. The van der Waals surface area contributed by atoms with Crippen LogP contribution in [0, 0.1) is 0 Å². The van der Waals surface area contributed by atoms with Crippen LogP contribution < -0.4 is 4.90 Å². The van der Waals surface area contributed by atoms with Crippen molar-refractivity contribution >= 4 is 5.82 Å². The first-order chi connectivity index (χ1) is 11.3. The second-order valence-electron chi connectivity index (χ2n) is 6.78. The highest BCUT2D eigenvalue weighted by Crippen LogP contribution is 2.29. The average Bonchev–Trinajstić information content (AvgIpc) is 2.70. The second-order valence-corrected chi connectivity index (χ2v) is 6.78. The van der Waals surface area contributed by atoms with Gasteiger partial charge in [-0.25, -0.2) is 0 Å². The van der Waals surface area contributed by atoms with Gasteiger partial charge in [-0.05, 0) is 38.4 Å². The van der Waals surface area contributed by atoms with E-state index in [0.29, 0.717) is 6.04 Å². The molecule has 0 amide bonds. The summed E-state index contributed by atoms with van der Waals surface area (Å²) in [6.45, 7) is 2.16. The van der Waals surface area contributed by atoms with E-state index in [9.17, 15) is 0 Å². The molecule has 2 aliphatic rings. The van der Waals surface area contributed by atoms with Crippen LogP contribution in [0.2, 0.25) is 0 Å². The summed E-state index contributed by atoms with van der Waals surface area (Å²) in [4.78, 5) is 5.02. The number of piperidine rings is 1. The molecule has 0 saturated carbocycles. The summed E-state index contributed by atoms with van der Waals surface area (Å²) >= 11 is 0. The molecule has 2 atom stereocenters. The topological polar surface area (TPSA) is 32.3 Å². The number of benzene rings is 1. The molecule has 2 unspecified atom stereocenters. The first-order valence-electron chi connectivity index (χ1n) is 8.67. The standard InChI is InChI=1S/C19H24N4/c1-22-16-8-5-9-17(22)14-23(13-12-16)19-11-10-18(20-21-19)15-6-3-2-4-7-15/h2-4,6-7,10-11,16-17H,5,8-9,12-14H2,1H3. The molecule has 2 bridgehead atoms. The minimum atomic E-state index is 0.659. The number of anilines is 1. The number of fused-ring (bicyclic) bond motifs is 2. The number of hydrogen-bond acceptors (Lipinski definition) is 4. The Bertz CT molecular complexity index is 640. The quantitative estimate of drug-likeness (QED) is 0.853. The third-order valence-corrected chi connectivity index (χ3v) is 5.43. The van der Waals surface area contributed by atoms with E-state index >= 15 is 0 Å². The Morgan fingerprint density at radius 1 is 0.913 bits per heavy atom. The van der Waals surface area contributed by atoms with Crippen LogP contribution >= 0.6 is 0 Å². The zero-order valence-corrected chi connectivity index (χ0v) is 13.7. The lowest BCUT2D eigenvalue weighted by molar-refractivity contribution is 0.127. The van der Waals surface area contributed by atoms with E-state index in [4.69, 9.17) is 0 Å². The highest BCUT2D eigenvalue weighted by atomic mass is 15.3. The average molecular weight is 308 g/mol. The highest BCUT2D eigenvalue weighted by Gasteiger charge is 2.32. The minimum Gasteiger partial charge on any atom is -0.354 e. The van der Waals surface area contributed by atoms with Crippen LogP contribution in [0.25, 0.3) is 11.3 Å². The summed E-state index contributed by atoms with van der Waals surface area (Å²) in [5, 5.41) is 8.97. The van der Waals surface area contributed by atoms with E-state index in [1.807, 2.05) is 18.2 Å². The normalized spacial score (nSPS) is 25.2. The van der Waals surface area contributed by atoms with Gasteiger partial charge in [-0.1, -0.05) is 36.8 Å². The van der Waals surface area contributed by atoms with Crippen molar-refractivity contribution in [3.8, 4) is 11.3 Å². The predicted octanol–water partition coefficient (Wildman–Crippen LogP) is 3.21. The summed E-state index contributed by atoms with van der Waals surface area (Å²) in [5.74, 6) is 1.02. The third kappa shape index (κ3) is 2.95. The number of likely N-dealkylation sites (N-methyl/N-ethyl adjacent to an activating group) is 1. The van der Waals surface area contributed by atoms with Gasteiger partial charge >= 0.3 is 0 Å². The van der Waals surface area contributed by atoms with Crippen LogP contribution in [0.1, 0.15) is 25.7 Å². The Morgan fingerprint density at radius 2 is 1.74 bits per heavy atom. The van der Waals surface area contributed by atoms with Crippen LogP contribution in [0.5, 0.6) is 0 Å². The van der Waals surface area contributed by atoms with Crippen molar-refractivity contribution in [1.29, 1.82) is 0 Å². The molecule has 3 heterocycles. The first-order valence-corrected chi connectivity index (χ1v) is 8.67. The molecule has 2 fully saturated rings. The molecule has 4 rings (SSSR count). The van der Waals surface area contributed by atoms with Crippen LogP contribution in [-0.4, -0.2) is 47.3 Å². The van der Waals surface area contributed by atoms with E-state index in [1.54, 1.807) is 0 Å². The number of hydrogen-bond donors (Lipinski definition) is 0. The Morgan fingerprint density at radius 3 is 2.52 bits per heavy atom. The maximum absolute atomic E-state index is 4.52. The van der Waals surface area contributed by atoms with E-state index in [2.05, 4.69) is 51.3 Å². The summed E-state index contributed by atoms with van der Waals surface area (Å²) in [7, 11) is 2.29. The Kier molecular flexibility index (Phi) is 4.00. The molecule has 2 aromatic rings. The van der Waals surface area contributed by atoms with Crippen LogP contribution in [0.4, 0.5) is 5.82 Å². The Balaban J connectivity index is 1.54. The molecule has 2 aliphatic heterocycles. The molecular weight excluding hydrogens is 284 g/mol. The van der Waals surface area contributed by atoms with Gasteiger partial charge in [0.25, 0.3) is 0 Å². The van der Waals surface area contributed by atoms with Crippen LogP contribution in [-0.2, 0) is 0 Å². The van der Waals surface area contributed by atoms with Gasteiger partial charge in [0.05, 0.1) is 5.69 Å². The van der Waals surface area contributed by atoms with Gasteiger partial charge in [-0.2, -0.15) is 0 Å². The first kappa shape index (κ1) is 14.6. The highest BCUT2D eigenvalue weighted by molar-refractivity contribution is 5.59. The fourth-order valence-electron chi connectivity index (χ4n) is 3.98. The smallest absolute Gasteiger partial charge is 0.151 e. The lowest BCUT2D eigenvalue weighted by Crippen LogP contribution is -2.45. The van der Waals surface area contributed by atoms with Crippen molar-refractivity contribution in [1.82, 2.24) is 15.1 Å². The molecule has 4 heteroatoms. The lowest BCUT2D eigenvalue weighted by Gasteiger charge is -2.37. The third-order valence-electron chi connectivity index (χ3n) is 5.43. The van der Waals surface area contributed by atoms with E-state index in [0.717, 1.165) is 36.2 Å². The second kappa shape index (κ2) is 6.28. The van der Waals surface area contributed by atoms with Crippen molar-refractivity contribution in [2.45, 2.75) is 37.8 Å². The maximum Gasteiger partial charge on any atom is 0.151 e. The Labute approximate surface area is 138 Å². The fraction of sp³-hybridized carbons (Fsp3) is 0.474. The van der Waals surface area contributed by atoms with Crippen molar-refractivity contribution in [2.24, 2.45) is 0 Å². The summed E-state index contributed by atoms with van der Waals surface area (Å²) in [6, 6.07) is 15.9. The van der Waals surface area contributed by atoms with Gasteiger partial charge in [0.15, 0.2) is 5.82 Å². The molecule has 0 spiro atoms. The van der Waals surface area contributed by atoms with Crippen LogP contribution in [0.3, 0.4) is 0 Å². The number of aromatic nitrogens is 2. The molecule has 4 nitrogen and oxygen atoms in total. The molecule has 2 saturated heterocycles. The summed E-state index contributed by atoms with van der Waals surface area (Å²) in [6.07, 6.45) is 5.25. The van der Waals surface area contributed by atoms with Crippen molar-refractivity contribution in [2.75, 3.05) is 25.0 Å². The monoisotopic (exact) mass is 308 g/mol. The van der Waals surface area contributed by atoms with Gasteiger partial charge in [0.1, 0.15) is 0 Å². The lowest BCUT2D eigenvalue weighted by atomic mass is 9.96. The molecule has 0 aliphatic carbocycles. The van der Waals surface area contributed by atoms with Crippen molar-refractivity contribution in [3.05, 3.63) is 42.5 Å². The molecule has 120 valence electrons. The molecule has 0 radical (unpaired) electrons. The summed E-state index contributed by atoms with van der Waals surface area (Å²) in [5.41, 5.74) is 2.07. The minimum absolute atomic E-state index is 0.659. The van der Waals surface area contributed by atoms with E-state index in [-0.39, 0.29) is 0 Å². The molecule has 0 N–H and O–H groups in total. The maximum atomic E-state index is 4.52. The SMILES string of the molecule is CN1C2CCCC1CN(c1ccc(-c3ccccc3)nn1)CC2. The fourth-order valence-corrected chi connectivity index (χ4v) is 3.98. The Hall–Kier alpha value is -1.94. The van der Waals surface area contributed by atoms with E-state index < -0.39 is 0 Å². The van der Waals surface area contributed by atoms with E-state index in [1.165, 1.54) is 25.7 Å². The van der Waals surface area contributed by atoms with Crippen molar-refractivity contribution < 1.29 is 0 Å². The van der Waals surface area contributed by atoms with Gasteiger partial charge in [-0.3, -0.25) is 4.90 Å². The zero-order chi connectivity index (χ0) is 15.6. The predicted molar refractivity (Wildman–Crippen MR) is 93.5 cm³/mol.